The molecule has 2 heterocycles. The second-order valence-electron chi connectivity index (χ2n) is 9.44. The lowest BCUT2D eigenvalue weighted by Crippen LogP contribution is -2.46. The Hall–Kier alpha value is -2.89. The molecule has 4 rings (SSSR count). The number of nitrogens with zero attached hydrogens (tertiary/aromatic N) is 3. The van der Waals surface area contributed by atoms with Crippen molar-refractivity contribution >= 4 is 15.9 Å². The van der Waals surface area contributed by atoms with Gasteiger partial charge in [0, 0.05) is 32.1 Å². The first-order valence-corrected chi connectivity index (χ1v) is 13.8. The van der Waals surface area contributed by atoms with Gasteiger partial charge in [-0.3, -0.25) is 4.79 Å². The van der Waals surface area contributed by atoms with E-state index in [2.05, 4.69) is 12.1 Å². The molecule has 1 amide bonds. The molecule has 8 heteroatoms. The van der Waals surface area contributed by atoms with Crippen LogP contribution in [0.5, 0.6) is 5.75 Å². The SMILES string of the molecule is COc1ccc(CCC2CCN(C(=O)C3CCN(S(=O)(=O)c4ccccc4C#N)CC3)CC2)cc1. The van der Waals surface area contributed by atoms with Crippen molar-refractivity contribution in [3.63, 3.8) is 0 Å². The topological polar surface area (TPSA) is 90.7 Å². The minimum Gasteiger partial charge on any atom is -0.497 e. The summed E-state index contributed by atoms with van der Waals surface area (Å²) in [5.74, 6) is 1.51. The van der Waals surface area contributed by atoms with E-state index in [1.807, 2.05) is 23.1 Å². The Morgan fingerprint density at radius 3 is 2.29 bits per heavy atom. The predicted molar refractivity (Wildman–Crippen MR) is 133 cm³/mol. The fourth-order valence-electron chi connectivity index (χ4n) is 5.13. The lowest BCUT2D eigenvalue weighted by molar-refractivity contribution is -0.138. The average molecular weight is 496 g/mol. The van der Waals surface area contributed by atoms with E-state index >= 15 is 0 Å². The van der Waals surface area contributed by atoms with Gasteiger partial charge in [0.1, 0.15) is 11.8 Å². The van der Waals surface area contributed by atoms with E-state index < -0.39 is 10.0 Å². The summed E-state index contributed by atoms with van der Waals surface area (Å²) in [6, 6.07) is 16.5. The third-order valence-electron chi connectivity index (χ3n) is 7.36. The van der Waals surface area contributed by atoms with E-state index in [1.54, 1.807) is 19.2 Å². The van der Waals surface area contributed by atoms with Crippen molar-refractivity contribution in [3.8, 4) is 11.8 Å². The fraction of sp³-hybridized carbons (Fsp3) is 0.481. The van der Waals surface area contributed by atoms with Crippen LogP contribution in [0.3, 0.4) is 0 Å². The number of methoxy groups -OCH3 is 1. The fourth-order valence-corrected chi connectivity index (χ4v) is 6.74. The summed E-state index contributed by atoms with van der Waals surface area (Å²) >= 11 is 0. The van der Waals surface area contributed by atoms with Crippen LogP contribution in [-0.4, -0.2) is 56.8 Å². The van der Waals surface area contributed by atoms with Crippen molar-refractivity contribution in [2.24, 2.45) is 11.8 Å². The van der Waals surface area contributed by atoms with Crippen LogP contribution in [0.15, 0.2) is 53.4 Å². The summed E-state index contributed by atoms with van der Waals surface area (Å²) in [4.78, 5) is 15.2. The quantitative estimate of drug-likeness (QED) is 0.582. The molecule has 2 aromatic rings. The number of hydrogen-bond donors (Lipinski definition) is 0. The predicted octanol–water partition coefficient (Wildman–Crippen LogP) is 3.84. The Bertz CT molecular complexity index is 1160. The number of likely N-dealkylation sites (tertiary alicyclic amines) is 1. The number of piperidine rings is 2. The third kappa shape index (κ3) is 5.85. The molecule has 2 fully saturated rings. The van der Waals surface area contributed by atoms with Gasteiger partial charge >= 0.3 is 0 Å². The summed E-state index contributed by atoms with van der Waals surface area (Å²) in [5, 5.41) is 9.28. The molecule has 186 valence electrons. The molecule has 2 saturated heterocycles. The van der Waals surface area contributed by atoms with Gasteiger partial charge in [-0.2, -0.15) is 9.57 Å². The highest BCUT2D eigenvalue weighted by atomic mass is 32.2. The number of sulfonamides is 1. The van der Waals surface area contributed by atoms with E-state index in [9.17, 15) is 18.5 Å². The zero-order chi connectivity index (χ0) is 24.8. The van der Waals surface area contributed by atoms with Crippen molar-refractivity contribution in [2.45, 2.75) is 43.4 Å². The zero-order valence-electron chi connectivity index (χ0n) is 20.2. The van der Waals surface area contributed by atoms with Crippen LogP contribution in [0.1, 0.15) is 43.2 Å². The number of aryl methyl sites for hydroxylation is 1. The number of amides is 1. The summed E-state index contributed by atoms with van der Waals surface area (Å²) in [6.45, 7) is 2.16. The molecular weight excluding hydrogens is 462 g/mol. The van der Waals surface area contributed by atoms with Crippen molar-refractivity contribution in [1.82, 2.24) is 9.21 Å². The Balaban J connectivity index is 1.24. The van der Waals surface area contributed by atoms with Crippen molar-refractivity contribution in [1.29, 1.82) is 5.26 Å². The van der Waals surface area contributed by atoms with Gasteiger partial charge in [-0.05, 0) is 74.3 Å². The Morgan fingerprint density at radius 2 is 1.66 bits per heavy atom. The molecular formula is C27H33N3O4S. The van der Waals surface area contributed by atoms with Gasteiger partial charge in [0.25, 0.3) is 0 Å². The molecule has 0 spiro atoms. The van der Waals surface area contributed by atoms with E-state index in [0.29, 0.717) is 31.8 Å². The Morgan fingerprint density at radius 1 is 1.00 bits per heavy atom. The normalized spacial score (nSPS) is 18.2. The number of nitriles is 1. The van der Waals surface area contributed by atoms with Crippen molar-refractivity contribution in [2.75, 3.05) is 33.3 Å². The minimum absolute atomic E-state index is 0.0454. The van der Waals surface area contributed by atoms with Crippen LogP contribution in [0.2, 0.25) is 0 Å². The average Bonchev–Trinajstić information content (AvgIpc) is 2.92. The number of carbonyl (C=O) groups excluding carboxylic acids is 1. The van der Waals surface area contributed by atoms with Crippen LogP contribution >= 0.6 is 0 Å². The highest BCUT2D eigenvalue weighted by Gasteiger charge is 2.35. The molecule has 2 aliphatic rings. The van der Waals surface area contributed by atoms with Gasteiger partial charge in [0.05, 0.1) is 17.6 Å². The summed E-state index contributed by atoms with van der Waals surface area (Å²) in [7, 11) is -2.07. The molecule has 0 bridgehead atoms. The second kappa shape index (κ2) is 11.2. The molecule has 0 saturated carbocycles. The first-order chi connectivity index (χ1) is 16.9. The van der Waals surface area contributed by atoms with Crippen LogP contribution in [0.25, 0.3) is 0 Å². The van der Waals surface area contributed by atoms with Gasteiger partial charge in [0.15, 0.2) is 0 Å². The molecule has 0 unspecified atom stereocenters. The van der Waals surface area contributed by atoms with E-state index in [0.717, 1.165) is 44.5 Å². The molecule has 35 heavy (non-hydrogen) atoms. The lowest BCUT2D eigenvalue weighted by Gasteiger charge is -2.37. The minimum atomic E-state index is -3.74. The number of carbonyl (C=O) groups is 1. The number of hydrogen-bond acceptors (Lipinski definition) is 5. The van der Waals surface area contributed by atoms with Crippen molar-refractivity contribution < 1.29 is 17.9 Å². The molecule has 0 aromatic heterocycles. The highest BCUT2D eigenvalue weighted by molar-refractivity contribution is 7.89. The van der Waals surface area contributed by atoms with Gasteiger partial charge in [-0.15, -0.1) is 0 Å². The van der Waals surface area contributed by atoms with Crippen LogP contribution in [0, 0.1) is 23.2 Å². The molecule has 0 radical (unpaired) electrons. The standard InChI is InChI=1S/C27H33N3O4S/c1-34-25-10-8-21(9-11-25)6-7-22-12-16-29(17-13-22)27(31)23-14-18-30(19-15-23)35(32,33)26-5-3-2-4-24(26)20-28/h2-5,8-11,22-23H,6-7,12-19H2,1H3. The van der Waals surface area contributed by atoms with Crippen LogP contribution in [0.4, 0.5) is 0 Å². The Labute approximate surface area is 208 Å². The monoisotopic (exact) mass is 495 g/mol. The van der Waals surface area contributed by atoms with E-state index in [1.165, 1.54) is 22.0 Å². The van der Waals surface area contributed by atoms with Gasteiger partial charge < -0.3 is 9.64 Å². The first kappa shape index (κ1) is 25.2. The summed E-state index contributed by atoms with van der Waals surface area (Å²) < 4.78 is 32.7. The third-order valence-corrected chi connectivity index (χ3v) is 9.31. The zero-order valence-corrected chi connectivity index (χ0v) is 21.0. The smallest absolute Gasteiger partial charge is 0.244 e. The van der Waals surface area contributed by atoms with Crippen LogP contribution < -0.4 is 4.74 Å². The van der Waals surface area contributed by atoms with E-state index in [4.69, 9.17) is 4.74 Å². The Kier molecular flexibility index (Phi) is 8.09. The van der Waals surface area contributed by atoms with Crippen LogP contribution in [-0.2, 0) is 21.2 Å². The molecule has 0 N–H and O–H groups in total. The summed E-state index contributed by atoms with van der Waals surface area (Å²) in [6.07, 6.45) is 5.22. The molecule has 0 atom stereocenters. The van der Waals surface area contributed by atoms with Gasteiger partial charge in [-0.1, -0.05) is 24.3 Å². The maximum absolute atomic E-state index is 13.1. The number of benzene rings is 2. The van der Waals surface area contributed by atoms with Gasteiger partial charge in [0.2, 0.25) is 15.9 Å². The highest BCUT2D eigenvalue weighted by Crippen LogP contribution is 2.29. The number of rotatable bonds is 7. The largest absolute Gasteiger partial charge is 0.497 e. The molecule has 2 aromatic carbocycles. The molecule has 0 aliphatic carbocycles. The molecule has 2 aliphatic heterocycles. The molecule has 7 nitrogen and oxygen atoms in total. The van der Waals surface area contributed by atoms with Crippen molar-refractivity contribution in [3.05, 3.63) is 59.7 Å². The second-order valence-corrected chi connectivity index (χ2v) is 11.3. The first-order valence-electron chi connectivity index (χ1n) is 12.3. The summed E-state index contributed by atoms with van der Waals surface area (Å²) in [5.41, 5.74) is 1.46. The number of ether oxygens (including phenoxy) is 1. The maximum Gasteiger partial charge on any atom is 0.244 e. The lowest BCUT2D eigenvalue weighted by atomic mass is 9.89. The van der Waals surface area contributed by atoms with E-state index in [-0.39, 0.29) is 22.3 Å². The maximum atomic E-state index is 13.1. The van der Waals surface area contributed by atoms with Gasteiger partial charge in [-0.25, -0.2) is 8.42 Å².